The summed E-state index contributed by atoms with van der Waals surface area (Å²) in [4.78, 5) is 16.6. The predicted molar refractivity (Wildman–Crippen MR) is 160 cm³/mol. The van der Waals surface area contributed by atoms with Crippen LogP contribution in [0.4, 0.5) is 5.82 Å². The first-order valence-electron chi connectivity index (χ1n) is 14.8. The van der Waals surface area contributed by atoms with Crippen molar-refractivity contribution in [2.45, 2.75) is 37.9 Å². The first-order chi connectivity index (χ1) is 20.6. The number of rotatable bonds is 8. The Morgan fingerprint density at radius 3 is 2.55 bits per heavy atom. The topological polar surface area (TPSA) is 95.1 Å². The fourth-order valence-corrected chi connectivity index (χ4v) is 6.62. The van der Waals surface area contributed by atoms with E-state index in [9.17, 15) is 5.26 Å². The molecule has 4 aliphatic heterocycles. The van der Waals surface area contributed by atoms with Crippen LogP contribution < -0.4 is 14.4 Å². The number of nitrogens with zero attached hydrogens (tertiary/aromatic N) is 8. The van der Waals surface area contributed by atoms with E-state index >= 15 is 0 Å². The number of anilines is 1. The van der Waals surface area contributed by atoms with Crippen LogP contribution in [0.15, 0.2) is 55.1 Å². The standard InChI is InChI=1S/C32H36N8O2/c1-37-9-7-22(8-10-37)21-42-28-12-29(32-25(13-33)16-36-40(32)20-28)24-4-5-30(34-15-24)38-18-26-11-27(19-38)39(26)17-23-3-6-31(41-2)35-14-23/h3-6,12,14-16,20,22,26-27H,7-11,17-19,21H2,1-2H3. The van der Waals surface area contributed by atoms with Crippen LogP contribution in [0.25, 0.3) is 16.6 Å². The van der Waals surface area contributed by atoms with Crippen molar-refractivity contribution in [3.05, 3.63) is 66.2 Å². The lowest BCUT2D eigenvalue weighted by molar-refractivity contribution is -0.00876. The van der Waals surface area contributed by atoms with Gasteiger partial charge in [0, 0.05) is 61.3 Å². The highest BCUT2D eigenvalue weighted by Gasteiger charge is 2.44. The van der Waals surface area contributed by atoms with Crippen LogP contribution in [0.1, 0.15) is 30.4 Å². The van der Waals surface area contributed by atoms with Crippen molar-refractivity contribution in [2.24, 2.45) is 5.92 Å². The summed E-state index contributed by atoms with van der Waals surface area (Å²) in [6.45, 7) is 5.72. The second-order valence-electron chi connectivity index (χ2n) is 11.8. The molecule has 0 aliphatic carbocycles. The molecule has 2 bridgehead atoms. The van der Waals surface area contributed by atoms with Gasteiger partial charge in [0.15, 0.2) is 0 Å². The Morgan fingerprint density at radius 2 is 1.86 bits per heavy atom. The summed E-state index contributed by atoms with van der Waals surface area (Å²) in [5.41, 5.74) is 4.38. The van der Waals surface area contributed by atoms with Crippen molar-refractivity contribution in [1.82, 2.24) is 29.4 Å². The van der Waals surface area contributed by atoms with Crippen LogP contribution in [0.3, 0.4) is 0 Å². The predicted octanol–water partition coefficient (Wildman–Crippen LogP) is 3.86. The minimum absolute atomic E-state index is 0.510. The van der Waals surface area contributed by atoms with Crippen molar-refractivity contribution in [3.63, 3.8) is 0 Å². The van der Waals surface area contributed by atoms with Gasteiger partial charge >= 0.3 is 0 Å². The first-order valence-corrected chi connectivity index (χ1v) is 14.8. The van der Waals surface area contributed by atoms with Crippen molar-refractivity contribution in [2.75, 3.05) is 51.8 Å². The van der Waals surface area contributed by atoms with Crippen LogP contribution >= 0.6 is 0 Å². The number of ether oxygens (including phenoxy) is 2. The highest BCUT2D eigenvalue weighted by Crippen LogP contribution is 2.37. The van der Waals surface area contributed by atoms with Crippen LogP contribution in [0, 0.1) is 17.2 Å². The largest absolute Gasteiger partial charge is 0.492 e. The molecular weight excluding hydrogens is 528 g/mol. The Labute approximate surface area is 246 Å². The zero-order chi connectivity index (χ0) is 28.6. The minimum atomic E-state index is 0.510. The van der Waals surface area contributed by atoms with Gasteiger partial charge in [0.1, 0.15) is 17.6 Å². The molecule has 8 heterocycles. The van der Waals surface area contributed by atoms with Crippen molar-refractivity contribution >= 4 is 11.3 Å². The van der Waals surface area contributed by atoms with Gasteiger partial charge in [-0.05, 0) is 69.1 Å². The molecule has 4 aliphatic rings. The Morgan fingerprint density at radius 1 is 1.02 bits per heavy atom. The molecule has 0 saturated carbocycles. The van der Waals surface area contributed by atoms with Gasteiger partial charge in [0.2, 0.25) is 5.88 Å². The summed E-state index contributed by atoms with van der Waals surface area (Å²) in [5, 5.41) is 14.2. The van der Waals surface area contributed by atoms with Gasteiger partial charge in [-0.1, -0.05) is 6.07 Å². The SMILES string of the molecule is COc1ccc(CN2C3CC2CN(c2ccc(-c4cc(OCC5CCN(C)CC5)cn5ncc(C#N)c45)cn2)C3)cn1. The van der Waals surface area contributed by atoms with E-state index in [1.54, 1.807) is 17.8 Å². The van der Waals surface area contributed by atoms with Crippen LogP contribution in [-0.2, 0) is 6.54 Å². The van der Waals surface area contributed by atoms with Gasteiger partial charge in [0.25, 0.3) is 0 Å². The minimum Gasteiger partial charge on any atom is -0.492 e. The van der Waals surface area contributed by atoms with Gasteiger partial charge in [0.05, 0.1) is 37.2 Å². The van der Waals surface area contributed by atoms with E-state index in [1.807, 2.05) is 30.7 Å². The summed E-state index contributed by atoms with van der Waals surface area (Å²) in [6, 6.07) is 13.6. The Bertz CT molecular complexity index is 1580. The Kier molecular flexibility index (Phi) is 7.14. The number of piperidine rings is 2. The zero-order valence-corrected chi connectivity index (χ0v) is 24.2. The summed E-state index contributed by atoms with van der Waals surface area (Å²) in [5.74, 6) is 2.94. The van der Waals surface area contributed by atoms with Gasteiger partial charge in [-0.2, -0.15) is 10.4 Å². The van der Waals surface area contributed by atoms with Gasteiger partial charge in [-0.25, -0.2) is 14.5 Å². The van der Waals surface area contributed by atoms with Gasteiger partial charge < -0.3 is 19.3 Å². The lowest BCUT2D eigenvalue weighted by Crippen LogP contribution is -2.68. The molecule has 0 aromatic carbocycles. The lowest BCUT2D eigenvalue weighted by atomic mass is 9.87. The average Bonchev–Trinajstić information content (AvgIpc) is 3.46. The molecule has 0 N–H and O–H groups in total. The number of aromatic nitrogens is 4. The number of methoxy groups -OCH3 is 1. The van der Waals surface area contributed by atoms with Crippen molar-refractivity contribution < 1.29 is 9.47 Å². The number of likely N-dealkylation sites (tertiary alicyclic amines) is 1. The number of pyridine rings is 3. The van der Waals surface area contributed by atoms with E-state index < -0.39 is 0 Å². The lowest BCUT2D eigenvalue weighted by Gasteiger charge is -2.56. The molecule has 42 heavy (non-hydrogen) atoms. The molecule has 4 aromatic rings. The monoisotopic (exact) mass is 564 g/mol. The summed E-state index contributed by atoms with van der Waals surface area (Å²) in [6.07, 6.45) is 10.8. The zero-order valence-electron chi connectivity index (χ0n) is 24.2. The quantitative estimate of drug-likeness (QED) is 0.316. The summed E-state index contributed by atoms with van der Waals surface area (Å²) >= 11 is 0. The van der Waals surface area contributed by atoms with E-state index in [0.717, 1.165) is 73.8 Å². The fraction of sp³-hybridized carbons (Fsp3) is 0.438. The van der Waals surface area contributed by atoms with E-state index in [4.69, 9.17) is 14.5 Å². The highest BCUT2D eigenvalue weighted by molar-refractivity contribution is 5.85. The Balaban J connectivity index is 1.06. The second kappa shape index (κ2) is 11.2. The third-order valence-corrected chi connectivity index (χ3v) is 9.13. The number of nitriles is 1. The molecular formula is C32H36N8O2. The number of hydrogen-bond donors (Lipinski definition) is 0. The van der Waals surface area contributed by atoms with Crippen LogP contribution in [0.5, 0.6) is 11.6 Å². The molecule has 0 amide bonds. The van der Waals surface area contributed by atoms with E-state index in [0.29, 0.717) is 36.1 Å². The molecule has 10 heteroatoms. The fourth-order valence-electron chi connectivity index (χ4n) is 6.62. The van der Waals surface area contributed by atoms with E-state index in [-0.39, 0.29) is 0 Å². The Hall–Kier alpha value is -4.20. The number of fused-ring (bicyclic) bond motifs is 3. The van der Waals surface area contributed by atoms with E-state index in [2.05, 4.69) is 56.1 Å². The third kappa shape index (κ3) is 5.14. The maximum atomic E-state index is 9.77. The van der Waals surface area contributed by atoms with Crippen molar-refractivity contribution in [1.29, 1.82) is 5.26 Å². The van der Waals surface area contributed by atoms with Crippen LogP contribution in [0.2, 0.25) is 0 Å². The molecule has 2 atom stereocenters. The smallest absolute Gasteiger partial charge is 0.212 e. The number of hydrogen-bond acceptors (Lipinski definition) is 9. The second-order valence-corrected chi connectivity index (χ2v) is 11.8. The molecule has 0 spiro atoms. The molecule has 4 aromatic heterocycles. The molecule has 10 nitrogen and oxygen atoms in total. The average molecular weight is 565 g/mol. The maximum Gasteiger partial charge on any atom is 0.212 e. The first kappa shape index (κ1) is 26.7. The maximum absolute atomic E-state index is 9.77. The third-order valence-electron chi connectivity index (χ3n) is 9.13. The molecule has 216 valence electrons. The van der Waals surface area contributed by atoms with Crippen LogP contribution in [-0.4, -0.2) is 88.4 Å². The summed E-state index contributed by atoms with van der Waals surface area (Å²) in [7, 11) is 3.81. The molecule has 4 fully saturated rings. The molecule has 4 saturated heterocycles. The summed E-state index contributed by atoms with van der Waals surface area (Å²) < 4.78 is 13.2. The highest BCUT2D eigenvalue weighted by atomic mass is 16.5. The molecule has 2 unspecified atom stereocenters. The molecule has 8 rings (SSSR count). The van der Waals surface area contributed by atoms with Crippen molar-refractivity contribution in [3.8, 4) is 28.8 Å². The van der Waals surface area contributed by atoms with Gasteiger partial charge in [-0.3, -0.25) is 4.90 Å². The molecule has 0 radical (unpaired) electrons. The van der Waals surface area contributed by atoms with E-state index in [1.165, 1.54) is 12.0 Å². The number of piperazine rings is 1. The van der Waals surface area contributed by atoms with Gasteiger partial charge in [-0.15, -0.1) is 0 Å². The normalized spacial score (nSPS) is 21.2.